The van der Waals surface area contributed by atoms with Crippen molar-refractivity contribution in [2.75, 3.05) is 13.2 Å². The molecule has 0 aromatic heterocycles. The molecule has 0 amide bonds. The van der Waals surface area contributed by atoms with E-state index in [-0.39, 0.29) is 24.9 Å². The van der Waals surface area contributed by atoms with Crippen molar-refractivity contribution < 1.29 is 23.8 Å². The van der Waals surface area contributed by atoms with Crippen molar-refractivity contribution in [2.45, 2.75) is 70.5 Å². The first-order valence-corrected chi connectivity index (χ1v) is 8.11. The Bertz CT molecular complexity index is 355. The van der Waals surface area contributed by atoms with Gasteiger partial charge in [-0.25, -0.2) is 0 Å². The van der Waals surface area contributed by atoms with Gasteiger partial charge >= 0.3 is 11.9 Å². The van der Waals surface area contributed by atoms with Crippen LogP contribution < -0.4 is 0 Å². The normalized spacial score (nSPS) is 23.7. The van der Waals surface area contributed by atoms with E-state index in [1.807, 2.05) is 0 Å². The highest BCUT2D eigenvalue weighted by Crippen LogP contribution is 2.44. The third-order valence-corrected chi connectivity index (χ3v) is 4.49. The molecule has 0 radical (unpaired) electrons. The Labute approximate surface area is 126 Å². The fourth-order valence-electron chi connectivity index (χ4n) is 3.49. The fraction of sp³-hybridized carbons (Fsp3) is 0.875. The lowest BCUT2D eigenvalue weighted by molar-refractivity contribution is -0.164. The highest BCUT2D eigenvalue weighted by Gasteiger charge is 2.44. The van der Waals surface area contributed by atoms with E-state index in [0.717, 1.165) is 25.7 Å². The lowest BCUT2D eigenvalue weighted by Gasteiger charge is -2.25. The fourth-order valence-corrected chi connectivity index (χ4v) is 3.49. The van der Waals surface area contributed by atoms with Gasteiger partial charge in [-0.15, -0.1) is 0 Å². The van der Waals surface area contributed by atoms with Crippen LogP contribution in [0.3, 0.4) is 0 Å². The van der Waals surface area contributed by atoms with Crippen LogP contribution in [0.2, 0.25) is 0 Å². The standard InChI is InChI=1S/C16H26O5/c1-3-19-14(17)13(15(18)20-4-2)11-12-7-10-16(21-12)8-5-6-9-16/h12-13H,3-11H2,1-2H3. The Balaban J connectivity index is 1.95. The number of hydrogen-bond acceptors (Lipinski definition) is 5. The van der Waals surface area contributed by atoms with Crippen molar-refractivity contribution in [3.8, 4) is 0 Å². The van der Waals surface area contributed by atoms with Crippen LogP contribution in [0.1, 0.15) is 58.8 Å². The minimum absolute atomic E-state index is 0.0124. The number of hydrogen-bond donors (Lipinski definition) is 0. The zero-order chi connectivity index (χ0) is 15.3. The summed E-state index contributed by atoms with van der Waals surface area (Å²) in [4.78, 5) is 24.0. The van der Waals surface area contributed by atoms with Gasteiger partial charge in [-0.1, -0.05) is 12.8 Å². The second kappa shape index (κ2) is 7.25. The molecule has 0 N–H and O–H groups in total. The van der Waals surface area contributed by atoms with E-state index in [1.165, 1.54) is 12.8 Å². The molecule has 1 saturated heterocycles. The summed E-state index contributed by atoms with van der Waals surface area (Å²) >= 11 is 0. The molecule has 2 rings (SSSR count). The Morgan fingerprint density at radius 3 is 2.19 bits per heavy atom. The molecule has 1 heterocycles. The Morgan fingerprint density at radius 1 is 1.10 bits per heavy atom. The zero-order valence-electron chi connectivity index (χ0n) is 13.1. The van der Waals surface area contributed by atoms with E-state index in [1.54, 1.807) is 13.8 Å². The van der Waals surface area contributed by atoms with Crippen LogP contribution in [0.15, 0.2) is 0 Å². The smallest absolute Gasteiger partial charge is 0.320 e. The summed E-state index contributed by atoms with van der Waals surface area (Å²) in [5.74, 6) is -1.84. The molecule has 5 heteroatoms. The number of rotatable bonds is 6. The maximum atomic E-state index is 12.0. The molecule has 1 saturated carbocycles. The molecule has 2 aliphatic rings. The van der Waals surface area contributed by atoms with Gasteiger partial charge in [0, 0.05) is 0 Å². The van der Waals surface area contributed by atoms with Crippen molar-refractivity contribution in [2.24, 2.45) is 5.92 Å². The molecular weight excluding hydrogens is 272 g/mol. The van der Waals surface area contributed by atoms with Crippen LogP contribution in [0.5, 0.6) is 0 Å². The average Bonchev–Trinajstić information content (AvgIpc) is 3.07. The van der Waals surface area contributed by atoms with E-state index in [9.17, 15) is 9.59 Å². The maximum absolute atomic E-state index is 12.0. The molecular formula is C16H26O5. The Hall–Kier alpha value is -1.10. The highest BCUT2D eigenvalue weighted by molar-refractivity contribution is 5.94. The predicted octanol–water partition coefficient (Wildman–Crippen LogP) is 2.61. The van der Waals surface area contributed by atoms with Crippen LogP contribution in [0.4, 0.5) is 0 Å². The van der Waals surface area contributed by atoms with Crippen molar-refractivity contribution in [1.82, 2.24) is 0 Å². The second-order valence-electron chi connectivity index (χ2n) is 5.96. The van der Waals surface area contributed by atoms with Gasteiger partial charge in [0.15, 0.2) is 5.92 Å². The van der Waals surface area contributed by atoms with Crippen molar-refractivity contribution in [3.63, 3.8) is 0 Å². The zero-order valence-corrected chi connectivity index (χ0v) is 13.1. The summed E-state index contributed by atoms with van der Waals surface area (Å²) in [6.07, 6.45) is 6.92. The molecule has 1 atom stereocenters. The highest BCUT2D eigenvalue weighted by atomic mass is 16.6. The SMILES string of the molecule is CCOC(=O)C(CC1CCC2(CCCC2)O1)C(=O)OCC. The molecule has 1 unspecified atom stereocenters. The summed E-state index contributed by atoms with van der Waals surface area (Å²) in [6, 6.07) is 0. The van der Waals surface area contributed by atoms with Gasteiger partial charge in [-0.05, 0) is 46.0 Å². The summed E-state index contributed by atoms with van der Waals surface area (Å²) in [6.45, 7) is 4.01. The lowest BCUT2D eigenvalue weighted by atomic mass is 9.96. The monoisotopic (exact) mass is 298 g/mol. The van der Waals surface area contributed by atoms with Gasteiger partial charge in [0.05, 0.1) is 24.9 Å². The van der Waals surface area contributed by atoms with Gasteiger partial charge in [0.25, 0.3) is 0 Å². The number of carbonyl (C=O) groups excluding carboxylic acids is 2. The molecule has 0 bridgehead atoms. The molecule has 1 spiro atoms. The molecule has 1 aliphatic heterocycles. The lowest BCUT2D eigenvalue weighted by Crippen LogP contribution is -2.33. The van der Waals surface area contributed by atoms with Crippen molar-refractivity contribution in [1.29, 1.82) is 0 Å². The molecule has 21 heavy (non-hydrogen) atoms. The van der Waals surface area contributed by atoms with Gasteiger partial charge in [-0.3, -0.25) is 9.59 Å². The summed E-state index contributed by atoms with van der Waals surface area (Å²) in [7, 11) is 0. The first-order valence-electron chi connectivity index (χ1n) is 8.11. The van der Waals surface area contributed by atoms with Crippen LogP contribution in [-0.2, 0) is 23.8 Å². The number of esters is 2. The minimum atomic E-state index is -0.855. The van der Waals surface area contributed by atoms with Crippen LogP contribution >= 0.6 is 0 Å². The summed E-state index contributed by atoms with van der Waals surface area (Å²) < 4.78 is 16.2. The van der Waals surface area contributed by atoms with E-state index < -0.39 is 17.9 Å². The molecule has 1 aliphatic carbocycles. The minimum Gasteiger partial charge on any atom is -0.465 e. The molecule has 0 aromatic carbocycles. The summed E-state index contributed by atoms with van der Waals surface area (Å²) in [5.41, 5.74) is 0.0124. The van der Waals surface area contributed by atoms with E-state index in [2.05, 4.69) is 0 Å². The third-order valence-electron chi connectivity index (χ3n) is 4.49. The average molecular weight is 298 g/mol. The molecule has 5 nitrogen and oxygen atoms in total. The van der Waals surface area contributed by atoms with Gasteiger partial charge in [-0.2, -0.15) is 0 Å². The van der Waals surface area contributed by atoms with Crippen LogP contribution in [0.25, 0.3) is 0 Å². The van der Waals surface area contributed by atoms with Gasteiger partial charge in [0.1, 0.15) is 0 Å². The molecule has 120 valence electrons. The van der Waals surface area contributed by atoms with Crippen molar-refractivity contribution >= 4 is 11.9 Å². The number of carbonyl (C=O) groups is 2. The Morgan fingerprint density at radius 2 is 1.67 bits per heavy atom. The maximum Gasteiger partial charge on any atom is 0.320 e. The van der Waals surface area contributed by atoms with Crippen molar-refractivity contribution in [3.05, 3.63) is 0 Å². The third kappa shape index (κ3) is 3.96. The van der Waals surface area contributed by atoms with E-state index in [4.69, 9.17) is 14.2 Å². The second-order valence-corrected chi connectivity index (χ2v) is 5.96. The topological polar surface area (TPSA) is 61.8 Å². The molecule has 0 aromatic rings. The van der Waals surface area contributed by atoms with Gasteiger partial charge < -0.3 is 14.2 Å². The quantitative estimate of drug-likeness (QED) is 0.557. The van der Waals surface area contributed by atoms with Gasteiger partial charge in [0.2, 0.25) is 0 Å². The van der Waals surface area contributed by atoms with Crippen LogP contribution in [-0.4, -0.2) is 36.9 Å². The van der Waals surface area contributed by atoms with Crippen LogP contribution in [0, 0.1) is 5.92 Å². The summed E-state index contributed by atoms with van der Waals surface area (Å²) in [5, 5.41) is 0. The van der Waals surface area contributed by atoms with E-state index in [0.29, 0.717) is 6.42 Å². The predicted molar refractivity (Wildman–Crippen MR) is 76.7 cm³/mol. The first-order chi connectivity index (χ1) is 10.1. The van der Waals surface area contributed by atoms with E-state index >= 15 is 0 Å². The number of ether oxygens (including phenoxy) is 3. The first kappa shape index (κ1) is 16.3. The Kier molecular flexibility index (Phi) is 5.62. The molecule has 2 fully saturated rings. The largest absolute Gasteiger partial charge is 0.465 e.